The van der Waals surface area contributed by atoms with E-state index in [1.54, 1.807) is 0 Å². The molecule has 0 amide bonds. The molecule has 1 aromatic carbocycles. The predicted molar refractivity (Wildman–Crippen MR) is 58.6 cm³/mol. The van der Waals surface area contributed by atoms with Crippen LogP contribution in [-0.4, -0.2) is 17.5 Å². The Balaban J connectivity index is 1.97. The van der Waals surface area contributed by atoms with E-state index in [0.29, 0.717) is 16.6 Å². The third kappa shape index (κ3) is 2.77. The summed E-state index contributed by atoms with van der Waals surface area (Å²) in [6.07, 6.45) is 0. The fraction of sp³-hybridized carbons (Fsp3) is 0.364. The van der Waals surface area contributed by atoms with Gasteiger partial charge in [0.1, 0.15) is 11.5 Å². The second kappa shape index (κ2) is 4.05. The van der Waals surface area contributed by atoms with Gasteiger partial charge in [0.2, 0.25) is 0 Å². The number of esters is 1. The van der Waals surface area contributed by atoms with Crippen LogP contribution in [0.5, 0.6) is 5.75 Å². The Labute approximate surface area is 86.6 Å². The molecule has 1 aliphatic rings. The van der Waals surface area contributed by atoms with Crippen LogP contribution in [0.4, 0.5) is 0 Å². The SMILES string of the molecule is CC(=O)Oc1ccc(C[S+]2CC2)cc1. The predicted octanol–water partition coefficient (Wildman–Crippen LogP) is 1.74. The minimum absolute atomic E-state index is 0.262. The lowest BCUT2D eigenvalue weighted by Gasteiger charge is -2.00. The first kappa shape index (κ1) is 9.59. The average Bonchev–Trinajstić information content (AvgIpc) is 2.91. The smallest absolute Gasteiger partial charge is 0.308 e. The highest BCUT2D eigenvalue weighted by molar-refractivity contribution is 8.02. The summed E-state index contributed by atoms with van der Waals surface area (Å²) in [6.45, 7) is 1.42. The van der Waals surface area contributed by atoms with Gasteiger partial charge in [-0.15, -0.1) is 0 Å². The summed E-state index contributed by atoms with van der Waals surface area (Å²) in [4.78, 5) is 10.7. The molecule has 0 unspecified atom stereocenters. The molecule has 2 nitrogen and oxygen atoms in total. The largest absolute Gasteiger partial charge is 0.427 e. The van der Waals surface area contributed by atoms with E-state index in [-0.39, 0.29) is 5.97 Å². The van der Waals surface area contributed by atoms with Gasteiger partial charge < -0.3 is 4.74 Å². The lowest BCUT2D eigenvalue weighted by molar-refractivity contribution is -0.131. The van der Waals surface area contributed by atoms with Crippen LogP contribution in [0.25, 0.3) is 0 Å². The third-order valence-corrected chi connectivity index (χ3v) is 3.78. The van der Waals surface area contributed by atoms with Crippen molar-refractivity contribution < 1.29 is 9.53 Å². The van der Waals surface area contributed by atoms with Gasteiger partial charge in [0.05, 0.1) is 0 Å². The molecule has 3 heteroatoms. The second-order valence-electron chi connectivity index (χ2n) is 3.40. The Morgan fingerprint density at radius 3 is 2.50 bits per heavy atom. The van der Waals surface area contributed by atoms with Gasteiger partial charge in [-0.1, -0.05) is 12.1 Å². The van der Waals surface area contributed by atoms with Gasteiger partial charge in [-0.3, -0.25) is 4.79 Å². The van der Waals surface area contributed by atoms with Crippen LogP contribution in [0, 0.1) is 0 Å². The molecule has 0 aromatic heterocycles. The quantitative estimate of drug-likeness (QED) is 0.328. The molecule has 1 fully saturated rings. The van der Waals surface area contributed by atoms with E-state index in [9.17, 15) is 4.79 Å². The Bertz CT molecular complexity index is 328. The first-order valence-electron chi connectivity index (χ1n) is 4.65. The van der Waals surface area contributed by atoms with Gasteiger partial charge in [0.15, 0.2) is 11.5 Å². The van der Waals surface area contributed by atoms with Gasteiger partial charge in [-0.2, -0.15) is 0 Å². The van der Waals surface area contributed by atoms with E-state index in [0.717, 1.165) is 0 Å². The van der Waals surface area contributed by atoms with Crippen molar-refractivity contribution in [2.75, 3.05) is 11.5 Å². The minimum atomic E-state index is -0.262. The van der Waals surface area contributed by atoms with E-state index >= 15 is 0 Å². The number of ether oxygens (including phenoxy) is 1. The molecule has 1 heterocycles. The standard InChI is InChI=1S/C11H13O2S/c1-9(12)13-11-4-2-10(3-5-11)8-14-6-7-14/h2-5H,6-8H2,1H3/q+1. The summed E-state index contributed by atoms with van der Waals surface area (Å²) in [5.41, 5.74) is 1.35. The average molecular weight is 209 g/mol. The van der Waals surface area contributed by atoms with Gasteiger partial charge in [0.25, 0.3) is 0 Å². The van der Waals surface area contributed by atoms with Crippen LogP contribution in [0.2, 0.25) is 0 Å². The van der Waals surface area contributed by atoms with E-state index in [1.165, 1.54) is 29.7 Å². The summed E-state index contributed by atoms with van der Waals surface area (Å²) in [5.74, 6) is 4.36. The number of benzene rings is 1. The second-order valence-corrected chi connectivity index (χ2v) is 5.73. The number of hydrogen-bond donors (Lipinski definition) is 0. The molecule has 0 N–H and O–H groups in total. The molecule has 1 aromatic rings. The Morgan fingerprint density at radius 2 is 2.00 bits per heavy atom. The molecule has 1 saturated heterocycles. The molecule has 0 atom stereocenters. The van der Waals surface area contributed by atoms with E-state index < -0.39 is 0 Å². The Hall–Kier alpha value is -0.960. The fourth-order valence-electron chi connectivity index (χ4n) is 1.26. The molecule has 0 aliphatic carbocycles. The molecular formula is C11H13O2S+. The normalized spacial score (nSPS) is 15.2. The van der Waals surface area contributed by atoms with Crippen LogP contribution in [0.1, 0.15) is 12.5 Å². The van der Waals surface area contributed by atoms with E-state index in [1.807, 2.05) is 24.3 Å². The molecule has 0 radical (unpaired) electrons. The summed E-state index contributed by atoms with van der Waals surface area (Å²) < 4.78 is 4.95. The molecule has 1 aliphatic heterocycles. The zero-order chi connectivity index (χ0) is 9.97. The Kier molecular flexibility index (Phi) is 2.77. The maximum atomic E-state index is 10.7. The van der Waals surface area contributed by atoms with Crippen molar-refractivity contribution in [1.29, 1.82) is 0 Å². The number of carbonyl (C=O) groups excluding carboxylic acids is 1. The lowest BCUT2D eigenvalue weighted by atomic mass is 10.2. The summed E-state index contributed by atoms with van der Waals surface area (Å²) >= 11 is 0. The van der Waals surface area contributed by atoms with Crippen molar-refractivity contribution in [3.63, 3.8) is 0 Å². The zero-order valence-electron chi connectivity index (χ0n) is 8.16. The van der Waals surface area contributed by atoms with Crippen LogP contribution >= 0.6 is 0 Å². The first-order valence-corrected chi connectivity index (χ1v) is 6.39. The third-order valence-electron chi connectivity index (χ3n) is 2.05. The highest BCUT2D eigenvalue weighted by Gasteiger charge is 2.33. The minimum Gasteiger partial charge on any atom is -0.427 e. The molecule has 0 saturated carbocycles. The van der Waals surface area contributed by atoms with Crippen molar-refractivity contribution >= 4 is 16.9 Å². The van der Waals surface area contributed by atoms with E-state index in [2.05, 4.69) is 0 Å². The lowest BCUT2D eigenvalue weighted by Crippen LogP contribution is -2.01. The molecule has 0 spiro atoms. The summed E-state index contributed by atoms with van der Waals surface area (Å²) in [6, 6.07) is 7.82. The highest BCUT2D eigenvalue weighted by atomic mass is 32.2. The van der Waals surface area contributed by atoms with Crippen molar-refractivity contribution in [2.45, 2.75) is 12.7 Å². The van der Waals surface area contributed by atoms with Gasteiger partial charge in [-0.05, 0) is 12.1 Å². The van der Waals surface area contributed by atoms with Crippen LogP contribution < -0.4 is 4.74 Å². The van der Waals surface area contributed by atoms with Crippen molar-refractivity contribution in [2.24, 2.45) is 0 Å². The van der Waals surface area contributed by atoms with Crippen LogP contribution in [-0.2, 0) is 21.4 Å². The molecule has 0 bridgehead atoms. The maximum absolute atomic E-state index is 10.7. The molecule has 2 rings (SSSR count). The highest BCUT2D eigenvalue weighted by Crippen LogP contribution is 2.21. The van der Waals surface area contributed by atoms with Crippen molar-refractivity contribution in [3.05, 3.63) is 29.8 Å². The van der Waals surface area contributed by atoms with Crippen molar-refractivity contribution in [1.82, 2.24) is 0 Å². The molecule has 74 valence electrons. The molecule has 14 heavy (non-hydrogen) atoms. The first-order chi connectivity index (χ1) is 6.74. The van der Waals surface area contributed by atoms with Crippen molar-refractivity contribution in [3.8, 4) is 5.75 Å². The monoisotopic (exact) mass is 209 g/mol. The summed E-state index contributed by atoms with van der Waals surface area (Å²) in [5, 5.41) is 0. The maximum Gasteiger partial charge on any atom is 0.308 e. The van der Waals surface area contributed by atoms with Crippen LogP contribution in [0.3, 0.4) is 0 Å². The number of hydrogen-bond acceptors (Lipinski definition) is 2. The fourth-order valence-corrected chi connectivity index (χ4v) is 2.68. The topological polar surface area (TPSA) is 26.3 Å². The van der Waals surface area contributed by atoms with Gasteiger partial charge in [-0.25, -0.2) is 0 Å². The number of rotatable bonds is 3. The zero-order valence-corrected chi connectivity index (χ0v) is 8.97. The summed E-state index contributed by atoms with van der Waals surface area (Å²) in [7, 11) is 0.658. The molecular weight excluding hydrogens is 196 g/mol. The van der Waals surface area contributed by atoms with E-state index in [4.69, 9.17) is 4.74 Å². The van der Waals surface area contributed by atoms with Crippen LogP contribution in [0.15, 0.2) is 24.3 Å². The van der Waals surface area contributed by atoms with Gasteiger partial charge in [0, 0.05) is 23.4 Å². The Morgan fingerprint density at radius 1 is 1.36 bits per heavy atom. The number of carbonyl (C=O) groups is 1. The van der Waals surface area contributed by atoms with Gasteiger partial charge >= 0.3 is 5.97 Å².